The lowest BCUT2D eigenvalue weighted by Crippen LogP contribution is -2.38. The van der Waals surface area contributed by atoms with Crippen LogP contribution < -0.4 is 15.1 Å². The van der Waals surface area contributed by atoms with Crippen molar-refractivity contribution >= 4 is 17.7 Å². The fourth-order valence-corrected chi connectivity index (χ4v) is 3.59. The van der Waals surface area contributed by atoms with Crippen LogP contribution in [0.15, 0.2) is 36.4 Å². The highest BCUT2D eigenvalue weighted by Gasteiger charge is 2.24. The lowest BCUT2D eigenvalue weighted by Gasteiger charge is -2.29. The Kier molecular flexibility index (Phi) is 6.79. The summed E-state index contributed by atoms with van der Waals surface area (Å²) in [6, 6.07) is 12.2. The molecule has 1 aromatic heterocycles. The molecule has 1 aliphatic carbocycles. The maximum atomic E-state index is 12.8. The molecule has 0 bridgehead atoms. The second-order valence-electron chi connectivity index (χ2n) is 7.98. The van der Waals surface area contributed by atoms with Crippen LogP contribution in [0.1, 0.15) is 35.8 Å². The maximum absolute atomic E-state index is 12.8. The first-order chi connectivity index (χ1) is 14.7. The van der Waals surface area contributed by atoms with Crippen molar-refractivity contribution in [2.24, 2.45) is 5.92 Å². The molecule has 1 saturated carbocycles. The Balaban J connectivity index is 1.55. The summed E-state index contributed by atoms with van der Waals surface area (Å²) in [6.45, 7) is 7.31. The van der Waals surface area contributed by atoms with Crippen LogP contribution in [-0.4, -0.2) is 61.8 Å². The summed E-state index contributed by atoms with van der Waals surface area (Å²) in [6.07, 6.45) is 3.32. The Hall–Kier alpha value is -2.67. The number of hydrogen-bond acceptors (Lipinski definition) is 6. The third-order valence-corrected chi connectivity index (χ3v) is 5.69. The van der Waals surface area contributed by atoms with E-state index >= 15 is 0 Å². The van der Waals surface area contributed by atoms with E-state index in [4.69, 9.17) is 9.72 Å². The number of carbonyl (C=O) groups is 1. The molecule has 4 rings (SSSR count). The molecule has 1 saturated heterocycles. The third-order valence-electron chi connectivity index (χ3n) is 5.69. The maximum Gasteiger partial charge on any atom is 0.270 e. The number of likely N-dealkylation sites (N-methyl/N-ethyl adjacent to an activating group) is 1. The molecule has 2 fully saturated rings. The van der Waals surface area contributed by atoms with Crippen LogP contribution in [0.3, 0.4) is 0 Å². The number of rotatable bonds is 9. The monoisotopic (exact) mass is 409 g/mol. The molecule has 1 aromatic carbocycles. The zero-order valence-electron chi connectivity index (χ0n) is 17.7. The molecular formula is C23H31N5O2. The van der Waals surface area contributed by atoms with Gasteiger partial charge >= 0.3 is 0 Å². The minimum absolute atomic E-state index is 0.112. The summed E-state index contributed by atoms with van der Waals surface area (Å²) in [4.78, 5) is 26.6. The van der Waals surface area contributed by atoms with Crippen LogP contribution in [-0.2, 0) is 11.2 Å². The van der Waals surface area contributed by atoms with Gasteiger partial charge in [-0.1, -0.05) is 30.3 Å². The Morgan fingerprint density at radius 3 is 2.67 bits per heavy atom. The lowest BCUT2D eigenvalue weighted by molar-refractivity contribution is 0.0946. The lowest BCUT2D eigenvalue weighted by atomic mass is 10.1. The molecule has 2 aromatic rings. The predicted octanol–water partition coefficient (Wildman–Crippen LogP) is 2.52. The molecule has 1 N–H and O–H groups in total. The van der Waals surface area contributed by atoms with E-state index in [2.05, 4.69) is 51.3 Å². The minimum Gasteiger partial charge on any atom is -0.378 e. The molecule has 30 heavy (non-hydrogen) atoms. The summed E-state index contributed by atoms with van der Waals surface area (Å²) >= 11 is 0. The Bertz CT molecular complexity index is 835. The fourth-order valence-electron chi connectivity index (χ4n) is 3.59. The van der Waals surface area contributed by atoms with Gasteiger partial charge in [0, 0.05) is 38.8 Å². The zero-order valence-corrected chi connectivity index (χ0v) is 17.7. The molecule has 0 radical (unpaired) electrons. The average Bonchev–Trinajstić information content (AvgIpc) is 3.63. The first-order valence-corrected chi connectivity index (χ1v) is 11.0. The first kappa shape index (κ1) is 20.6. The van der Waals surface area contributed by atoms with Crippen molar-refractivity contribution in [2.75, 3.05) is 55.7 Å². The summed E-state index contributed by atoms with van der Waals surface area (Å²) in [5.74, 6) is 1.94. The van der Waals surface area contributed by atoms with E-state index in [0.29, 0.717) is 30.8 Å². The van der Waals surface area contributed by atoms with Gasteiger partial charge in [0.15, 0.2) is 0 Å². The van der Waals surface area contributed by atoms with Gasteiger partial charge in [0.05, 0.1) is 13.2 Å². The van der Waals surface area contributed by atoms with Crippen molar-refractivity contribution in [2.45, 2.75) is 26.2 Å². The van der Waals surface area contributed by atoms with Gasteiger partial charge in [-0.2, -0.15) is 4.98 Å². The van der Waals surface area contributed by atoms with Crippen molar-refractivity contribution < 1.29 is 9.53 Å². The molecule has 0 atom stereocenters. The average molecular weight is 410 g/mol. The molecule has 0 spiro atoms. The van der Waals surface area contributed by atoms with E-state index < -0.39 is 0 Å². The van der Waals surface area contributed by atoms with Crippen LogP contribution in [0.25, 0.3) is 0 Å². The van der Waals surface area contributed by atoms with Crippen molar-refractivity contribution in [1.29, 1.82) is 0 Å². The van der Waals surface area contributed by atoms with Gasteiger partial charge in [0.1, 0.15) is 11.5 Å². The van der Waals surface area contributed by atoms with E-state index in [9.17, 15) is 4.79 Å². The number of benzene rings is 1. The standard InChI is InChI=1S/C23H31N5O2/c1-2-27(11-10-18-6-4-3-5-7-18)23-25-20(22(29)24-17-19-8-9-19)16-21(26-23)28-12-14-30-15-13-28/h3-7,16,19H,2,8-15,17H2,1H3,(H,24,29). The van der Waals surface area contributed by atoms with Gasteiger partial charge in [-0.3, -0.25) is 4.79 Å². The molecule has 2 heterocycles. The van der Waals surface area contributed by atoms with Gasteiger partial charge in [0.2, 0.25) is 5.95 Å². The molecule has 7 nitrogen and oxygen atoms in total. The molecule has 7 heteroatoms. The van der Waals surface area contributed by atoms with E-state index in [-0.39, 0.29) is 5.91 Å². The quantitative estimate of drug-likeness (QED) is 0.686. The van der Waals surface area contributed by atoms with Crippen LogP contribution >= 0.6 is 0 Å². The highest BCUT2D eigenvalue weighted by atomic mass is 16.5. The number of nitrogens with zero attached hydrogens (tertiary/aromatic N) is 4. The van der Waals surface area contributed by atoms with Gasteiger partial charge in [-0.15, -0.1) is 0 Å². The number of ether oxygens (including phenoxy) is 1. The summed E-state index contributed by atoms with van der Waals surface area (Å²) in [7, 11) is 0. The molecular weight excluding hydrogens is 378 g/mol. The number of amides is 1. The highest BCUT2D eigenvalue weighted by Crippen LogP contribution is 2.27. The summed E-state index contributed by atoms with van der Waals surface area (Å²) < 4.78 is 5.48. The molecule has 0 unspecified atom stereocenters. The normalized spacial score (nSPS) is 16.4. The predicted molar refractivity (Wildman–Crippen MR) is 118 cm³/mol. The Morgan fingerprint density at radius 1 is 1.20 bits per heavy atom. The van der Waals surface area contributed by atoms with Crippen molar-refractivity contribution in [3.8, 4) is 0 Å². The number of anilines is 2. The van der Waals surface area contributed by atoms with Crippen LogP contribution in [0.4, 0.5) is 11.8 Å². The van der Waals surface area contributed by atoms with Gasteiger partial charge in [-0.05, 0) is 37.7 Å². The van der Waals surface area contributed by atoms with Gasteiger partial charge in [0.25, 0.3) is 5.91 Å². The summed E-state index contributed by atoms with van der Waals surface area (Å²) in [5, 5.41) is 3.04. The fraction of sp³-hybridized carbons (Fsp3) is 0.522. The van der Waals surface area contributed by atoms with E-state index in [0.717, 1.165) is 45.0 Å². The van der Waals surface area contributed by atoms with Crippen LogP contribution in [0.5, 0.6) is 0 Å². The largest absolute Gasteiger partial charge is 0.378 e. The van der Waals surface area contributed by atoms with Crippen LogP contribution in [0.2, 0.25) is 0 Å². The van der Waals surface area contributed by atoms with Crippen molar-refractivity contribution in [1.82, 2.24) is 15.3 Å². The topological polar surface area (TPSA) is 70.6 Å². The summed E-state index contributed by atoms with van der Waals surface area (Å²) in [5.41, 5.74) is 1.72. The van der Waals surface area contributed by atoms with Gasteiger partial charge in [-0.25, -0.2) is 4.98 Å². The van der Waals surface area contributed by atoms with Crippen molar-refractivity contribution in [3.05, 3.63) is 47.7 Å². The van der Waals surface area contributed by atoms with E-state index in [1.54, 1.807) is 0 Å². The minimum atomic E-state index is -0.112. The van der Waals surface area contributed by atoms with Crippen LogP contribution in [0, 0.1) is 5.92 Å². The Labute approximate surface area is 178 Å². The second kappa shape index (κ2) is 9.89. The third kappa shape index (κ3) is 5.48. The molecule has 2 aliphatic rings. The molecule has 1 aliphatic heterocycles. The number of nitrogens with one attached hydrogen (secondary N) is 1. The SMILES string of the molecule is CCN(CCc1ccccc1)c1nc(C(=O)NCC2CC2)cc(N2CCOCC2)n1. The highest BCUT2D eigenvalue weighted by molar-refractivity contribution is 5.93. The number of morpholine rings is 1. The number of carbonyl (C=O) groups excluding carboxylic acids is 1. The Morgan fingerprint density at radius 2 is 1.97 bits per heavy atom. The van der Waals surface area contributed by atoms with E-state index in [1.165, 1.54) is 18.4 Å². The molecule has 1 amide bonds. The smallest absolute Gasteiger partial charge is 0.270 e. The number of aromatic nitrogens is 2. The first-order valence-electron chi connectivity index (χ1n) is 11.0. The molecule has 160 valence electrons. The van der Waals surface area contributed by atoms with Gasteiger partial charge < -0.3 is 19.9 Å². The second-order valence-corrected chi connectivity index (χ2v) is 7.98. The zero-order chi connectivity index (χ0) is 20.8. The number of hydrogen-bond donors (Lipinski definition) is 1. The van der Waals surface area contributed by atoms with Crippen molar-refractivity contribution in [3.63, 3.8) is 0 Å². The van der Waals surface area contributed by atoms with E-state index in [1.807, 2.05) is 12.1 Å².